The number of hydrogen-bond donors (Lipinski definition) is 3. The van der Waals surface area contributed by atoms with Gasteiger partial charge in [0.2, 0.25) is 0 Å². The van der Waals surface area contributed by atoms with Crippen molar-refractivity contribution in [3.8, 4) is 0 Å². The highest BCUT2D eigenvalue weighted by molar-refractivity contribution is 7.47. The Morgan fingerprint density at radius 1 is 0.672 bits per heavy atom. The van der Waals surface area contributed by atoms with Crippen molar-refractivity contribution >= 4 is 19.8 Å². The topological polar surface area (TPSA) is 161 Å². The molecule has 12 heteroatoms. The van der Waals surface area contributed by atoms with Crippen LogP contribution in [0.3, 0.4) is 0 Å². The average Bonchev–Trinajstić information content (AvgIpc) is 3.95. The number of ether oxygens (including phenoxy) is 3. The van der Waals surface area contributed by atoms with Crippen LogP contribution >= 0.6 is 7.82 Å². The van der Waals surface area contributed by atoms with E-state index in [1.54, 1.807) is 0 Å². The van der Waals surface area contributed by atoms with Crippen LogP contribution in [0.1, 0.15) is 188 Å². The summed E-state index contributed by atoms with van der Waals surface area (Å²) in [5.41, 5.74) is 0. The fourth-order valence-electron chi connectivity index (χ4n) is 6.50. The number of epoxide rings is 1. The molecule has 1 rings (SSSR count). The number of esters is 2. The highest BCUT2D eigenvalue weighted by atomic mass is 31.2. The van der Waals surface area contributed by atoms with Crippen LogP contribution in [0.2, 0.25) is 0 Å². The van der Waals surface area contributed by atoms with Crippen LogP contribution in [0, 0.1) is 5.92 Å². The summed E-state index contributed by atoms with van der Waals surface area (Å²) in [6.45, 7) is 4.63. The van der Waals surface area contributed by atoms with Crippen LogP contribution in [0.15, 0.2) is 36.5 Å². The predicted octanol–water partition coefficient (Wildman–Crippen LogP) is 11.2. The molecule has 0 amide bonds. The van der Waals surface area contributed by atoms with Gasteiger partial charge in [0.15, 0.2) is 6.10 Å². The van der Waals surface area contributed by atoms with Gasteiger partial charge in [-0.3, -0.25) is 18.6 Å². The molecule has 3 N–H and O–H groups in total. The molecule has 0 spiro atoms. The molecule has 0 aliphatic carbocycles. The largest absolute Gasteiger partial charge is 0.472 e. The van der Waals surface area contributed by atoms with E-state index in [1.807, 2.05) is 12.2 Å². The van der Waals surface area contributed by atoms with Crippen molar-refractivity contribution in [1.82, 2.24) is 0 Å². The monoisotopic (exact) mass is 843 g/mol. The van der Waals surface area contributed by atoms with Gasteiger partial charge < -0.3 is 29.3 Å². The van der Waals surface area contributed by atoms with Crippen molar-refractivity contribution < 1.29 is 52.5 Å². The molecule has 0 aromatic carbocycles. The maximum Gasteiger partial charge on any atom is 0.472 e. The van der Waals surface area contributed by atoms with Crippen LogP contribution in [-0.4, -0.2) is 77.9 Å². The average molecular weight is 843 g/mol. The molecule has 1 fully saturated rings. The third kappa shape index (κ3) is 35.0. The zero-order chi connectivity index (χ0) is 42.5. The molecule has 5 atom stereocenters. The first kappa shape index (κ1) is 54.2. The summed E-state index contributed by atoms with van der Waals surface area (Å²) in [7, 11) is -4.64. The number of aliphatic hydroxyl groups is 2. The Hall–Kier alpha value is -1.85. The van der Waals surface area contributed by atoms with Gasteiger partial charge in [0.1, 0.15) is 12.7 Å². The van der Waals surface area contributed by atoms with Gasteiger partial charge in [-0.15, -0.1) is 0 Å². The quantitative estimate of drug-likeness (QED) is 0.0177. The van der Waals surface area contributed by atoms with Gasteiger partial charge in [0.05, 0.1) is 32.0 Å². The second kappa shape index (κ2) is 37.0. The van der Waals surface area contributed by atoms with E-state index < -0.39 is 51.8 Å². The van der Waals surface area contributed by atoms with Gasteiger partial charge in [-0.1, -0.05) is 166 Å². The van der Waals surface area contributed by atoms with Crippen molar-refractivity contribution in [2.75, 3.05) is 26.4 Å². The number of carbonyl (C=O) groups is 2. The van der Waals surface area contributed by atoms with Crippen LogP contribution < -0.4 is 0 Å². The molecule has 0 aromatic heterocycles. The van der Waals surface area contributed by atoms with Crippen molar-refractivity contribution in [2.24, 2.45) is 5.92 Å². The first-order valence-corrected chi connectivity index (χ1v) is 24.4. The van der Waals surface area contributed by atoms with Crippen LogP contribution in [-0.2, 0) is 37.4 Å². The molecule has 0 aromatic rings. The third-order valence-corrected chi connectivity index (χ3v) is 11.1. The normalized spacial score (nSPS) is 17.7. The zero-order valence-corrected chi connectivity index (χ0v) is 37.5. The predicted molar refractivity (Wildman–Crippen MR) is 232 cm³/mol. The molecular formula is C46H83O11P. The highest BCUT2D eigenvalue weighted by Crippen LogP contribution is 2.43. The number of hydrogen-bond acceptors (Lipinski definition) is 10. The fourth-order valence-corrected chi connectivity index (χ4v) is 7.29. The second-order valence-electron chi connectivity index (χ2n) is 16.3. The molecule has 3 unspecified atom stereocenters. The number of carbonyl (C=O) groups excluding carboxylic acids is 2. The lowest BCUT2D eigenvalue weighted by molar-refractivity contribution is -0.161. The van der Waals surface area contributed by atoms with Crippen LogP contribution in [0.5, 0.6) is 0 Å². The van der Waals surface area contributed by atoms with Gasteiger partial charge >= 0.3 is 19.8 Å². The van der Waals surface area contributed by atoms with Gasteiger partial charge in [-0.05, 0) is 50.9 Å². The number of phosphoric ester groups is 1. The lowest BCUT2D eigenvalue weighted by Crippen LogP contribution is -2.29. The maximum absolute atomic E-state index is 12.6. The van der Waals surface area contributed by atoms with Gasteiger partial charge in [-0.25, -0.2) is 4.57 Å². The van der Waals surface area contributed by atoms with Crippen LogP contribution in [0.25, 0.3) is 0 Å². The van der Waals surface area contributed by atoms with E-state index in [2.05, 4.69) is 49.6 Å². The third-order valence-electron chi connectivity index (χ3n) is 10.1. The summed E-state index contributed by atoms with van der Waals surface area (Å²) in [5.74, 6) is -0.170. The number of unbranched alkanes of at least 4 members (excludes halogenated alkanes) is 16. The minimum Gasteiger partial charge on any atom is -0.462 e. The highest BCUT2D eigenvalue weighted by Gasteiger charge is 2.36. The van der Waals surface area contributed by atoms with Crippen molar-refractivity contribution in [3.05, 3.63) is 36.5 Å². The summed E-state index contributed by atoms with van der Waals surface area (Å²) in [5, 5.41) is 18.4. The summed E-state index contributed by atoms with van der Waals surface area (Å²) in [4.78, 5) is 35.0. The molecule has 0 saturated carbocycles. The molecular weight excluding hydrogens is 759 g/mol. The minimum atomic E-state index is -4.64. The smallest absolute Gasteiger partial charge is 0.462 e. The fraction of sp³-hybridized carbons (Fsp3) is 0.826. The number of aliphatic hydroxyl groups excluding tert-OH is 2. The van der Waals surface area contributed by atoms with E-state index in [-0.39, 0.29) is 19.4 Å². The molecule has 1 heterocycles. The SMILES string of the molecule is CCCCCC1OC1C/C=C\C/C=C\C/C=C\CCCC(=O)O[C@H](COC(=O)CCCCCCCCCCCCCCCCC(C)C)COP(=O)(O)OC[C@@H](O)CO. The molecule has 0 bridgehead atoms. The summed E-state index contributed by atoms with van der Waals surface area (Å²) < 4.78 is 38.4. The lowest BCUT2D eigenvalue weighted by Gasteiger charge is -2.20. The minimum absolute atomic E-state index is 0.105. The van der Waals surface area contributed by atoms with E-state index in [9.17, 15) is 24.2 Å². The van der Waals surface area contributed by atoms with E-state index in [4.69, 9.17) is 23.8 Å². The first-order chi connectivity index (χ1) is 28.1. The Balaban J connectivity index is 2.25. The maximum atomic E-state index is 12.6. The Bertz CT molecular complexity index is 1140. The lowest BCUT2D eigenvalue weighted by atomic mass is 10.0. The Labute approximate surface area is 352 Å². The molecule has 1 aliphatic heterocycles. The second-order valence-corrected chi connectivity index (χ2v) is 17.7. The Morgan fingerprint density at radius 3 is 1.83 bits per heavy atom. The zero-order valence-electron chi connectivity index (χ0n) is 36.6. The van der Waals surface area contributed by atoms with E-state index in [0.29, 0.717) is 31.5 Å². The molecule has 338 valence electrons. The first-order valence-electron chi connectivity index (χ1n) is 22.9. The van der Waals surface area contributed by atoms with E-state index in [0.717, 1.165) is 44.4 Å². The van der Waals surface area contributed by atoms with Crippen molar-refractivity contribution in [3.63, 3.8) is 0 Å². The Kier molecular flexibility index (Phi) is 34.5. The van der Waals surface area contributed by atoms with Crippen LogP contribution in [0.4, 0.5) is 0 Å². The molecule has 1 aliphatic rings. The molecule has 0 radical (unpaired) electrons. The van der Waals surface area contributed by atoms with E-state index in [1.165, 1.54) is 96.3 Å². The molecule has 1 saturated heterocycles. The Morgan fingerprint density at radius 2 is 1.22 bits per heavy atom. The standard InChI is InChI=1S/C46H83O11P/c1-4-5-26-32-43-44(57-43)33-28-23-19-15-12-13-17-21-25-30-35-46(50)56-42(39-55-58(51,52)54-37-41(48)36-47)38-53-45(49)34-29-24-20-16-11-9-7-6-8-10-14-18-22-27-31-40(2)3/h12,15,17,21,23,28,40-44,47-48H,4-11,13-14,16,18-20,22,24-27,29-39H2,1-3H3,(H,51,52)/b15-12-,21-17-,28-23-/t41-,42+,43?,44?/m0/s1. The number of rotatable bonds is 41. The summed E-state index contributed by atoms with van der Waals surface area (Å²) in [6.07, 6.45) is 38.7. The number of allylic oxidation sites excluding steroid dienone is 5. The van der Waals surface area contributed by atoms with E-state index >= 15 is 0 Å². The number of phosphoric acid groups is 1. The molecule has 11 nitrogen and oxygen atoms in total. The van der Waals surface area contributed by atoms with Gasteiger partial charge in [0.25, 0.3) is 0 Å². The summed E-state index contributed by atoms with van der Waals surface area (Å²) in [6, 6.07) is 0. The van der Waals surface area contributed by atoms with Gasteiger partial charge in [0, 0.05) is 12.8 Å². The van der Waals surface area contributed by atoms with Crippen molar-refractivity contribution in [2.45, 2.75) is 212 Å². The van der Waals surface area contributed by atoms with Gasteiger partial charge in [-0.2, -0.15) is 0 Å². The molecule has 58 heavy (non-hydrogen) atoms. The summed E-state index contributed by atoms with van der Waals surface area (Å²) >= 11 is 0. The van der Waals surface area contributed by atoms with Crippen molar-refractivity contribution in [1.29, 1.82) is 0 Å².